The van der Waals surface area contributed by atoms with Crippen LogP contribution in [0.15, 0.2) is 71.6 Å². The number of rotatable bonds is 9. The minimum Gasteiger partial charge on any atom is -0.481 e. The Morgan fingerprint density at radius 2 is 1.71 bits per heavy atom. The highest BCUT2D eigenvalue weighted by atomic mass is 35.5. The van der Waals surface area contributed by atoms with Gasteiger partial charge in [0.05, 0.1) is 33.5 Å². The topological polar surface area (TPSA) is 91.8 Å². The highest BCUT2D eigenvalue weighted by Crippen LogP contribution is 2.54. The molecule has 2 aliphatic rings. The smallest absolute Gasteiger partial charge is 0.304 e. The fourth-order valence-corrected chi connectivity index (χ4v) is 8.75. The van der Waals surface area contributed by atoms with Crippen LogP contribution in [0, 0.1) is 17.2 Å². The van der Waals surface area contributed by atoms with Crippen molar-refractivity contribution in [2.24, 2.45) is 11.3 Å². The first-order chi connectivity index (χ1) is 19.8. The Kier molecular flexibility index (Phi) is 8.65. The Balaban J connectivity index is 1.69. The molecular formula is C31H29Cl3FNO5S. The number of sulfone groups is 1. The molecule has 1 saturated heterocycles. The molecule has 0 radical (unpaired) electrons. The summed E-state index contributed by atoms with van der Waals surface area (Å²) in [5, 5.41) is 10.6. The maximum atomic E-state index is 14.5. The second-order valence-electron chi connectivity index (χ2n) is 11.5. The number of carbonyl (C=O) groups is 2. The van der Waals surface area contributed by atoms with E-state index in [1.807, 2.05) is 6.07 Å². The SMILES string of the molecule is C[C@@]1(CC(=O)O)C[C@H](c2cccc(Cl)c2)[C@@H](c2ccc(Cl)cc2)N([C@H](CS(=O)(=O)c2ccc(F)cc2Cl)C2CC2)C1=O. The molecule has 4 atom stereocenters. The van der Waals surface area contributed by atoms with Crippen molar-refractivity contribution in [1.29, 1.82) is 0 Å². The third-order valence-corrected chi connectivity index (χ3v) is 11.0. The van der Waals surface area contributed by atoms with Crippen LogP contribution in [0.1, 0.15) is 55.7 Å². The predicted molar refractivity (Wildman–Crippen MR) is 160 cm³/mol. The van der Waals surface area contributed by atoms with Gasteiger partial charge in [-0.05, 0) is 78.8 Å². The minimum atomic E-state index is -4.10. The van der Waals surface area contributed by atoms with E-state index < -0.39 is 63.1 Å². The summed E-state index contributed by atoms with van der Waals surface area (Å²) in [7, 11) is -4.10. The maximum absolute atomic E-state index is 14.5. The van der Waals surface area contributed by atoms with Crippen molar-refractivity contribution in [2.75, 3.05) is 5.75 Å². The number of hydrogen-bond acceptors (Lipinski definition) is 4. The van der Waals surface area contributed by atoms with Gasteiger partial charge in [-0.1, -0.05) is 66.0 Å². The van der Waals surface area contributed by atoms with Crippen molar-refractivity contribution in [2.45, 2.75) is 55.5 Å². The molecular weight excluding hydrogens is 624 g/mol. The maximum Gasteiger partial charge on any atom is 0.304 e. The van der Waals surface area contributed by atoms with Crippen LogP contribution in [0.4, 0.5) is 4.39 Å². The summed E-state index contributed by atoms with van der Waals surface area (Å²) in [4.78, 5) is 28.0. The normalized spacial score (nSPS) is 23.5. The second-order valence-corrected chi connectivity index (χ2v) is 14.7. The van der Waals surface area contributed by atoms with E-state index in [4.69, 9.17) is 34.8 Å². The lowest BCUT2D eigenvalue weighted by atomic mass is 9.67. The molecule has 222 valence electrons. The van der Waals surface area contributed by atoms with Crippen LogP contribution in [-0.2, 0) is 19.4 Å². The lowest BCUT2D eigenvalue weighted by Gasteiger charge is -2.52. The summed E-state index contributed by atoms with van der Waals surface area (Å²) < 4.78 is 41.4. The van der Waals surface area contributed by atoms with Gasteiger partial charge in [-0.3, -0.25) is 9.59 Å². The summed E-state index contributed by atoms with van der Waals surface area (Å²) in [6.45, 7) is 1.63. The molecule has 6 nitrogen and oxygen atoms in total. The number of nitrogens with zero attached hydrogens (tertiary/aromatic N) is 1. The largest absolute Gasteiger partial charge is 0.481 e. The van der Waals surface area contributed by atoms with Gasteiger partial charge in [0, 0.05) is 22.0 Å². The lowest BCUT2D eigenvalue weighted by Crippen LogP contribution is -2.58. The van der Waals surface area contributed by atoms with E-state index >= 15 is 0 Å². The molecule has 1 aliphatic carbocycles. The molecule has 0 spiro atoms. The molecule has 3 aromatic carbocycles. The summed E-state index contributed by atoms with van der Waals surface area (Å²) in [6.07, 6.45) is 1.18. The fourth-order valence-electron chi connectivity index (χ4n) is 6.21. The van der Waals surface area contributed by atoms with E-state index in [0.29, 0.717) is 22.9 Å². The molecule has 2 fully saturated rings. The van der Waals surface area contributed by atoms with Crippen molar-refractivity contribution in [1.82, 2.24) is 4.90 Å². The number of aliphatic carboxylic acids is 1. The van der Waals surface area contributed by atoms with Crippen LogP contribution < -0.4 is 0 Å². The Hall–Kier alpha value is -2.65. The number of amides is 1. The molecule has 0 unspecified atom stereocenters. The van der Waals surface area contributed by atoms with Gasteiger partial charge in [-0.2, -0.15) is 0 Å². The first-order valence-electron chi connectivity index (χ1n) is 13.5. The molecule has 1 amide bonds. The molecule has 11 heteroatoms. The molecule has 42 heavy (non-hydrogen) atoms. The highest BCUT2D eigenvalue weighted by molar-refractivity contribution is 7.91. The van der Waals surface area contributed by atoms with Gasteiger partial charge in [0.25, 0.3) is 0 Å². The summed E-state index contributed by atoms with van der Waals surface area (Å²) in [5.41, 5.74) is 0.208. The van der Waals surface area contributed by atoms with Crippen LogP contribution in [0.3, 0.4) is 0 Å². The van der Waals surface area contributed by atoms with Crippen molar-refractivity contribution in [3.63, 3.8) is 0 Å². The highest BCUT2D eigenvalue weighted by Gasteiger charge is 2.55. The number of likely N-dealkylation sites (tertiary alicyclic amines) is 1. The molecule has 0 aromatic heterocycles. The number of carbonyl (C=O) groups excluding carboxylic acids is 1. The summed E-state index contributed by atoms with van der Waals surface area (Å²) in [5.74, 6) is -3.23. The zero-order chi connectivity index (χ0) is 30.4. The standard InChI is InChI=1S/C31H29Cl3FNO5S/c1-31(16-28(37)38)15-24(20-3-2-4-22(33)13-20)29(19-7-9-21(32)10-8-19)36(30(31)39)26(18-5-6-18)17-42(40,41)27-12-11-23(35)14-25(27)34/h2-4,7-14,18,24,26,29H,5-6,15-17H2,1H3,(H,37,38)/t24-,26-,29-,31+/m1/s1. The van der Waals surface area contributed by atoms with Crippen LogP contribution in [0.2, 0.25) is 15.1 Å². The Labute approximate surface area is 259 Å². The first-order valence-corrected chi connectivity index (χ1v) is 16.3. The van der Waals surface area contributed by atoms with Gasteiger partial charge in [-0.15, -0.1) is 0 Å². The molecule has 3 aromatic rings. The third kappa shape index (κ3) is 6.32. The van der Waals surface area contributed by atoms with Crippen LogP contribution >= 0.6 is 34.8 Å². The molecule has 0 bridgehead atoms. The lowest BCUT2D eigenvalue weighted by molar-refractivity contribution is -0.160. The molecule has 1 aliphatic heterocycles. The predicted octanol–water partition coefficient (Wildman–Crippen LogP) is 7.58. The Morgan fingerprint density at radius 1 is 1.02 bits per heavy atom. The van der Waals surface area contributed by atoms with Crippen LogP contribution in [-0.4, -0.2) is 42.1 Å². The number of carboxylic acid groups (broad SMARTS) is 1. The average molecular weight is 653 g/mol. The van der Waals surface area contributed by atoms with Crippen molar-refractivity contribution < 1.29 is 27.5 Å². The van der Waals surface area contributed by atoms with E-state index in [1.54, 1.807) is 54.3 Å². The monoisotopic (exact) mass is 651 g/mol. The van der Waals surface area contributed by atoms with Crippen molar-refractivity contribution in [3.05, 3.63) is 98.7 Å². The molecule has 5 rings (SSSR count). The van der Waals surface area contributed by atoms with Crippen molar-refractivity contribution >= 4 is 56.5 Å². The Morgan fingerprint density at radius 3 is 2.31 bits per heavy atom. The zero-order valence-corrected chi connectivity index (χ0v) is 25.7. The van der Waals surface area contributed by atoms with Gasteiger partial charge < -0.3 is 10.0 Å². The van der Waals surface area contributed by atoms with Gasteiger partial charge in [0.15, 0.2) is 9.84 Å². The zero-order valence-electron chi connectivity index (χ0n) is 22.6. The fraction of sp³-hybridized carbons (Fsp3) is 0.355. The summed E-state index contributed by atoms with van der Waals surface area (Å²) >= 11 is 18.8. The number of benzene rings is 3. The molecule has 1 N–H and O–H groups in total. The first kappa shape index (κ1) is 30.8. The number of piperidine rings is 1. The number of hydrogen-bond donors (Lipinski definition) is 1. The van der Waals surface area contributed by atoms with E-state index in [9.17, 15) is 27.5 Å². The Bertz CT molecular complexity index is 1630. The van der Waals surface area contributed by atoms with Crippen molar-refractivity contribution in [3.8, 4) is 0 Å². The third-order valence-electron chi connectivity index (χ3n) is 8.27. The molecule has 1 saturated carbocycles. The minimum absolute atomic E-state index is 0.134. The summed E-state index contributed by atoms with van der Waals surface area (Å²) in [6, 6.07) is 15.9. The molecule has 1 heterocycles. The second kappa shape index (κ2) is 11.8. The van der Waals surface area contributed by atoms with Gasteiger partial charge in [0.2, 0.25) is 5.91 Å². The van der Waals surface area contributed by atoms with Gasteiger partial charge >= 0.3 is 5.97 Å². The van der Waals surface area contributed by atoms with Gasteiger partial charge in [0.1, 0.15) is 5.82 Å². The van der Waals surface area contributed by atoms with Crippen LogP contribution in [0.25, 0.3) is 0 Å². The van der Waals surface area contributed by atoms with E-state index in [-0.39, 0.29) is 22.3 Å². The van der Waals surface area contributed by atoms with Crippen LogP contribution in [0.5, 0.6) is 0 Å². The average Bonchev–Trinajstić information content (AvgIpc) is 3.74. The van der Waals surface area contributed by atoms with Gasteiger partial charge in [-0.25, -0.2) is 12.8 Å². The quantitative estimate of drug-likeness (QED) is 0.241. The number of carboxylic acids is 1. The van der Waals surface area contributed by atoms with E-state index in [1.165, 1.54) is 0 Å². The number of halogens is 4. The van der Waals surface area contributed by atoms with E-state index in [0.717, 1.165) is 29.3 Å². The van der Waals surface area contributed by atoms with E-state index in [2.05, 4.69) is 0 Å².